The van der Waals surface area contributed by atoms with Crippen LogP contribution in [-0.4, -0.2) is 19.1 Å². The van der Waals surface area contributed by atoms with E-state index in [9.17, 15) is 4.79 Å². The Labute approximate surface area is 166 Å². The molecular weight excluding hydrogens is 348 g/mol. The number of nitrogens with two attached hydrogens (primary N) is 1. The minimum Gasteiger partial charge on any atom is -0.497 e. The van der Waals surface area contributed by atoms with Crippen LogP contribution < -0.4 is 15.4 Å². The van der Waals surface area contributed by atoms with E-state index < -0.39 is 0 Å². The molecule has 0 spiro atoms. The van der Waals surface area contributed by atoms with Gasteiger partial charge in [-0.05, 0) is 26.0 Å². The van der Waals surface area contributed by atoms with Crippen molar-refractivity contribution in [1.82, 2.24) is 0 Å². The van der Waals surface area contributed by atoms with Crippen molar-refractivity contribution in [3.63, 3.8) is 0 Å². The number of carbonyl (C=O) groups excluding carboxylic acids is 1. The van der Waals surface area contributed by atoms with E-state index in [-0.39, 0.29) is 18.0 Å². The average Bonchev–Trinajstić information content (AvgIpc) is 2.73. The van der Waals surface area contributed by atoms with Crippen molar-refractivity contribution in [1.29, 1.82) is 0 Å². The van der Waals surface area contributed by atoms with Crippen LogP contribution in [0.2, 0.25) is 0 Å². The topological polar surface area (TPSA) is 54.9 Å². The number of amides is 1. The number of quaternary nitrogens is 1. The van der Waals surface area contributed by atoms with E-state index in [0.717, 1.165) is 11.4 Å². The number of hydrogen-bond donors (Lipinski definition) is 2. The predicted molar refractivity (Wildman–Crippen MR) is 112 cm³/mol. The number of carbonyl (C=O) groups is 1. The van der Waals surface area contributed by atoms with Gasteiger partial charge in [0, 0.05) is 22.9 Å². The Morgan fingerprint density at radius 1 is 0.929 bits per heavy atom. The molecule has 0 bridgehead atoms. The molecule has 0 aromatic heterocycles. The first-order chi connectivity index (χ1) is 13.6. The highest BCUT2D eigenvalue weighted by Crippen LogP contribution is 2.20. The highest BCUT2D eigenvalue weighted by Gasteiger charge is 2.24. The maximum absolute atomic E-state index is 12.8. The molecule has 0 fully saturated rings. The largest absolute Gasteiger partial charge is 0.497 e. The summed E-state index contributed by atoms with van der Waals surface area (Å²) in [6.07, 6.45) is 0. The van der Waals surface area contributed by atoms with E-state index in [4.69, 9.17) is 4.74 Å². The Morgan fingerprint density at radius 3 is 2.29 bits per heavy atom. The average molecular weight is 375 g/mol. The van der Waals surface area contributed by atoms with Gasteiger partial charge in [-0.2, -0.15) is 0 Å². The van der Waals surface area contributed by atoms with Crippen LogP contribution in [0.4, 0.5) is 5.69 Å². The first-order valence-corrected chi connectivity index (χ1v) is 9.48. The molecule has 2 atom stereocenters. The Morgan fingerprint density at radius 2 is 1.61 bits per heavy atom. The minimum absolute atomic E-state index is 0.0405. The van der Waals surface area contributed by atoms with Crippen molar-refractivity contribution in [3.8, 4) is 5.75 Å². The number of anilines is 1. The van der Waals surface area contributed by atoms with Crippen molar-refractivity contribution in [3.05, 3.63) is 95.6 Å². The molecule has 0 aliphatic rings. The van der Waals surface area contributed by atoms with Gasteiger partial charge in [-0.3, -0.25) is 4.79 Å². The lowest BCUT2D eigenvalue weighted by Gasteiger charge is -2.21. The van der Waals surface area contributed by atoms with Crippen molar-refractivity contribution >= 4 is 11.6 Å². The molecule has 0 radical (unpaired) electrons. The van der Waals surface area contributed by atoms with Gasteiger partial charge in [-0.15, -0.1) is 0 Å². The van der Waals surface area contributed by atoms with Crippen LogP contribution in [0.25, 0.3) is 0 Å². The number of aryl methyl sites for hydroxylation is 1. The molecule has 3 aromatic carbocycles. The second-order valence-electron chi connectivity index (χ2n) is 7.00. The quantitative estimate of drug-likeness (QED) is 0.662. The molecule has 4 nitrogen and oxygen atoms in total. The van der Waals surface area contributed by atoms with Gasteiger partial charge in [0.05, 0.1) is 7.11 Å². The molecule has 3 N–H and O–H groups in total. The van der Waals surface area contributed by atoms with E-state index in [2.05, 4.69) is 54.0 Å². The zero-order valence-corrected chi connectivity index (χ0v) is 16.6. The number of hydrogen-bond acceptors (Lipinski definition) is 2. The summed E-state index contributed by atoms with van der Waals surface area (Å²) in [5, 5.41) is 5.09. The number of nitrogens with one attached hydrogen (secondary N) is 1. The third-order valence-corrected chi connectivity index (χ3v) is 4.83. The molecule has 3 aromatic rings. The Hall–Kier alpha value is -3.11. The van der Waals surface area contributed by atoms with Gasteiger partial charge in [0.1, 0.15) is 11.8 Å². The highest BCUT2D eigenvalue weighted by atomic mass is 16.5. The number of ether oxygens (including phenoxy) is 1. The fourth-order valence-corrected chi connectivity index (χ4v) is 3.18. The summed E-state index contributed by atoms with van der Waals surface area (Å²) in [6.45, 7) is 4.01. The second-order valence-corrected chi connectivity index (χ2v) is 7.00. The SMILES string of the molecule is COc1cccc(NC(=O)[C@H](C)[NH2+][C@@H](c2ccccc2)c2ccc(C)cc2)c1. The summed E-state index contributed by atoms with van der Waals surface area (Å²) in [5.74, 6) is 0.678. The van der Waals surface area contributed by atoms with Crippen LogP contribution >= 0.6 is 0 Å². The van der Waals surface area contributed by atoms with Gasteiger partial charge < -0.3 is 15.4 Å². The maximum atomic E-state index is 12.8. The van der Waals surface area contributed by atoms with Gasteiger partial charge in [0.2, 0.25) is 0 Å². The Balaban J connectivity index is 1.77. The fraction of sp³-hybridized carbons (Fsp3) is 0.208. The smallest absolute Gasteiger partial charge is 0.282 e. The predicted octanol–water partition coefficient (Wildman–Crippen LogP) is 3.68. The van der Waals surface area contributed by atoms with E-state index >= 15 is 0 Å². The van der Waals surface area contributed by atoms with Crippen molar-refractivity contribution < 1.29 is 14.8 Å². The Kier molecular flexibility index (Phi) is 6.45. The van der Waals surface area contributed by atoms with E-state index in [1.54, 1.807) is 7.11 Å². The van der Waals surface area contributed by atoms with Gasteiger partial charge in [0.25, 0.3) is 5.91 Å². The monoisotopic (exact) mass is 375 g/mol. The third-order valence-electron chi connectivity index (χ3n) is 4.83. The molecule has 28 heavy (non-hydrogen) atoms. The molecule has 3 rings (SSSR count). The summed E-state index contributed by atoms with van der Waals surface area (Å²) in [6, 6.07) is 26.0. The second kappa shape index (κ2) is 9.20. The molecule has 0 aliphatic carbocycles. The van der Waals surface area contributed by atoms with Gasteiger partial charge in [-0.1, -0.05) is 66.2 Å². The lowest BCUT2D eigenvalue weighted by atomic mass is 9.97. The number of methoxy groups -OCH3 is 1. The van der Waals surface area contributed by atoms with Crippen LogP contribution in [0, 0.1) is 6.92 Å². The summed E-state index contributed by atoms with van der Waals surface area (Å²) in [7, 11) is 1.61. The van der Waals surface area contributed by atoms with E-state index in [1.165, 1.54) is 16.7 Å². The zero-order valence-electron chi connectivity index (χ0n) is 16.6. The molecular formula is C24H27N2O2+. The molecule has 4 heteroatoms. The van der Waals surface area contributed by atoms with Crippen LogP contribution in [0.3, 0.4) is 0 Å². The van der Waals surface area contributed by atoms with Gasteiger partial charge >= 0.3 is 0 Å². The summed E-state index contributed by atoms with van der Waals surface area (Å²) in [4.78, 5) is 12.8. The number of benzene rings is 3. The first kappa shape index (κ1) is 19.6. The van der Waals surface area contributed by atoms with Crippen molar-refractivity contribution in [2.45, 2.75) is 25.9 Å². The van der Waals surface area contributed by atoms with Gasteiger partial charge in [0.15, 0.2) is 6.04 Å². The minimum atomic E-state index is -0.266. The summed E-state index contributed by atoms with van der Waals surface area (Å²) in [5.41, 5.74) is 4.31. The lowest BCUT2D eigenvalue weighted by molar-refractivity contribution is -0.704. The van der Waals surface area contributed by atoms with Gasteiger partial charge in [-0.25, -0.2) is 0 Å². The molecule has 0 saturated carbocycles. The normalized spacial score (nSPS) is 12.8. The maximum Gasteiger partial charge on any atom is 0.282 e. The third kappa shape index (κ3) is 4.99. The van der Waals surface area contributed by atoms with Crippen LogP contribution in [0.15, 0.2) is 78.9 Å². The summed E-state index contributed by atoms with van der Waals surface area (Å²) < 4.78 is 5.23. The lowest BCUT2D eigenvalue weighted by Crippen LogP contribution is -2.92. The van der Waals surface area contributed by atoms with E-state index in [0.29, 0.717) is 0 Å². The molecule has 0 saturated heterocycles. The first-order valence-electron chi connectivity index (χ1n) is 9.48. The zero-order chi connectivity index (χ0) is 19.9. The van der Waals surface area contributed by atoms with Crippen molar-refractivity contribution in [2.24, 2.45) is 0 Å². The standard InChI is InChI=1S/C24H26N2O2/c1-17-12-14-20(15-13-17)23(19-8-5-4-6-9-19)25-18(2)24(27)26-21-10-7-11-22(16-21)28-3/h4-16,18,23,25H,1-3H3,(H,26,27)/p+1/t18-,23-/m0/s1. The molecule has 1 amide bonds. The molecule has 0 unspecified atom stereocenters. The van der Waals surface area contributed by atoms with Crippen LogP contribution in [-0.2, 0) is 4.79 Å². The molecule has 144 valence electrons. The van der Waals surface area contributed by atoms with E-state index in [1.807, 2.05) is 49.4 Å². The number of rotatable bonds is 7. The highest BCUT2D eigenvalue weighted by molar-refractivity contribution is 5.93. The Bertz CT molecular complexity index is 907. The fourth-order valence-electron chi connectivity index (χ4n) is 3.18. The van der Waals surface area contributed by atoms with Crippen molar-refractivity contribution in [2.75, 3.05) is 12.4 Å². The molecule has 0 aliphatic heterocycles. The summed E-state index contributed by atoms with van der Waals surface area (Å²) >= 11 is 0. The molecule has 0 heterocycles. The van der Waals surface area contributed by atoms with Crippen LogP contribution in [0.1, 0.15) is 29.7 Å². The van der Waals surface area contributed by atoms with Crippen LogP contribution in [0.5, 0.6) is 5.75 Å².